The van der Waals surface area contributed by atoms with Crippen molar-refractivity contribution in [2.75, 3.05) is 46.9 Å². The molecular formula is C16H35N3O3. The molecule has 22 heavy (non-hydrogen) atoms. The van der Waals surface area contributed by atoms with Crippen molar-refractivity contribution in [3.8, 4) is 0 Å². The van der Waals surface area contributed by atoms with Crippen LogP contribution in [0.25, 0.3) is 0 Å². The van der Waals surface area contributed by atoms with Crippen molar-refractivity contribution in [1.29, 1.82) is 0 Å². The van der Waals surface area contributed by atoms with E-state index in [1.54, 1.807) is 0 Å². The number of hydrogen-bond donors (Lipinski definition) is 0. The maximum Gasteiger partial charge on any atom is 0.350 e. The van der Waals surface area contributed by atoms with E-state index in [0.29, 0.717) is 0 Å². The highest BCUT2D eigenvalue weighted by Crippen LogP contribution is 2.01. The largest absolute Gasteiger partial charge is 0.553 e. The van der Waals surface area contributed by atoms with Gasteiger partial charge < -0.3 is 14.6 Å². The number of methoxy groups -OCH3 is 1. The maximum atomic E-state index is 9.03. The van der Waals surface area contributed by atoms with Gasteiger partial charge in [-0.3, -0.25) is 14.4 Å². The third-order valence-corrected chi connectivity index (χ3v) is 3.47. The highest BCUT2D eigenvalue weighted by atomic mass is 16.6. The fourth-order valence-corrected chi connectivity index (χ4v) is 2.08. The van der Waals surface area contributed by atoms with Gasteiger partial charge in [-0.05, 0) is 34.1 Å². The summed E-state index contributed by atoms with van der Waals surface area (Å²) in [6.45, 7) is 16.7. The molecule has 0 aromatic heterocycles. The SMILES string of the molecule is CCCCN(CC)C(N(C)CC)=[N+](CC)CC.COC(=O)[O-]. The molecule has 0 aromatic rings. The summed E-state index contributed by atoms with van der Waals surface area (Å²) in [7, 11) is 3.23. The van der Waals surface area contributed by atoms with E-state index in [2.05, 4.69) is 60.8 Å². The minimum absolute atomic E-state index is 1.04. The lowest BCUT2D eigenvalue weighted by Crippen LogP contribution is -2.48. The van der Waals surface area contributed by atoms with E-state index in [4.69, 9.17) is 9.90 Å². The van der Waals surface area contributed by atoms with Gasteiger partial charge in [0.2, 0.25) is 0 Å². The summed E-state index contributed by atoms with van der Waals surface area (Å²) in [6, 6.07) is 0. The third-order valence-electron chi connectivity index (χ3n) is 3.47. The predicted octanol–water partition coefficient (Wildman–Crippen LogP) is 1.44. The summed E-state index contributed by atoms with van der Waals surface area (Å²) < 4.78 is 6.02. The van der Waals surface area contributed by atoms with Crippen LogP contribution in [0, 0.1) is 0 Å². The molecule has 0 saturated heterocycles. The first-order valence-corrected chi connectivity index (χ1v) is 8.26. The van der Waals surface area contributed by atoms with E-state index < -0.39 is 6.16 Å². The second-order valence-electron chi connectivity index (χ2n) is 4.87. The summed E-state index contributed by atoms with van der Waals surface area (Å²) in [6.07, 6.45) is 1.04. The topological polar surface area (TPSA) is 58.8 Å². The van der Waals surface area contributed by atoms with Gasteiger partial charge in [0.15, 0.2) is 0 Å². The van der Waals surface area contributed by atoms with Crippen molar-refractivity contribution >= 4 is 12.1 Å². The summed E-state index contributed by atoms with van der Waals surface area (Å²) >= 11 is 0. The average molecular weight is 317 g/mol. The number of rotatable bonds is 7. The molecule has 0 bridgehead atoms. The van der Waals surface area contributed by atoms with E-state index in [0.717, 1.165) is 33.3 Å². The van der Waals surface area contributed by atoms with Crippen molar-refractivity contribution in [2.45, 2.75) is 47.5 Å². The monoisotopic (exact) mass is 317 g/mol. The average Bonchev–Trinajstić information content (AvgIpc) is 2.54. The third kappa shape index (κ3) is 9.47. The number of guanidine groups is 1. The van der Waals surface area contributed by atoms with Gasteiger partial charge in [0.1, 0.15) is 0 Å². The van der Waals surface area contributed by atoms with Gasteiger partial charge in [-0.15, -0.1) is 0 Å². The zero-order chi connectivity index (χ0) is 17.5. The Labute approximate surface area is 136 Å². The summed E-state index contributed by atoms with van der Waals surface area (Å²) in [5.41, 5.74) is 0. The fourth-order valence-electron chi connectivity index (χ4n) is 2.08. The molecule has 0 amide bonds. The van der Waals surface area contributed by atoms with Crippen molar-refractivity contribution < 1.29 is 19.2 Å². The maximum absolute atomic E-state index is 9.03. The highest BCUT2D eigenvalue weighted by molar-refractivity contribution is 5.75. The smallest absolute Gasteiger partial charge is 0.350 e. The first kappa shape index (κ1) is 22.8. The number of carbonyl (C=O) groups is 1. The molecule has 6 heteroatoms. The number of carbonyl (C=O) groups excluding carboxylic acids is 1. The Kier molecular flexibility index (Phi) is 15.0. The van der Waals surface area contributed by atoms with Crippen LogP contribution in [-0.2, 0) is 4.74 Å². The van der Waals surface area contributed by atoms with Gasteiger partial charge in [0.25, 0.3) is 6.16 Å². The van der Waals surface area contributed by atoms with Crippen LogP contribution in [0.15, 0.2) is 0 Å². The Morgan fingerprint density at radius 1 is 1.09 bits per heavy atom. The van der Waals surface area contributed by atoms with Crippen LogP contribution >= 0.6 is 0 Å². The van der Waals surface area contributed by atoms with Gasteiger partial charge >= 0.3 is 5.96 Å². The molecule has 0 aliphatic heterocycles. The summed E-state index contributed by atoms with van der Waals surface area (Å²) in [5.74, 6) is 1.40. The van der Waals surface area contributed by atoms with Gasteiger partial charge in [-0.2, -0.15) is 0 Å². The number of nitrogens with zero attached hydrogens (tertiary/aromatic N) is 3. The molecule has 0 N–H and O–H groups in total. The van der Waals surface area contributed by atoms with Crippen LogP contribution < -0.4 is 5.11 Å². The normalized spacial score (nSPS) is 9.41. The first-order chi connectivity index (χ1) is 10.4. The van der Waals surface area contributed by atoms with E-state index in [-0.39, 0.29) is 0 Å². The van der Waals surface area contributed by atoms with Gasteiger partial charge in [-0.25, -0.2) is 0 Å². The molecule has 0 aliphatic rings. The molecule has 132 valence electrons. The molecule has 0 heterocycles. The lowest BCUT2D eigenvalue weighted by Gasteiger charge is -2.27. The standard InChI is InChI=1S/C14H32N3.C2H4O3/c1-7-12-13-17(11-5)14(15(6)8-2)16(9-3)10-4;1-5-2(3)4/h7-13H2,1-6H3;1H3,(H,3,4)/q+1;/p-1. The number of ether oxygens (including phenoxy) is 1. The van der Waals surface area contributed by atoms with Crippen molar-refractivity contribution in [3.63, 3.8) is 0 Å². The lowest BCUT2D eigenvalue weighted by molar-refractivity contribution is -0.530. The number of carboxylic acid groups (broad SMARTS) is 1. The number of hydrogen-bond acceptors (Lipinski definition) is 3. The van der Waals surface area contributed by atoms with Crippen LogP contribution in [0.2, 0.25) is 0 Å². The Balaban J connectivity index is 0. The van der Waals surface area contributed by atoms with Crippen LogP contribution in [0.3, 0.4) is 0 Å². The zero-order valence-corrected chi connectivity index (χ0v) is 15.5. The molecule has 0 rings (SSSR count). The minimum Gasteiger partial charge on any atom is -0.553 e. The second kappa shape index (κ2) is 14.5. The summed E-state index contributed by atoms with van der Waals surface area (Å²) in [4.78, 5) is 13.9. The Morgan fingerprint density at radius 2 is 1.59 bits per heavy atom. The highest BCUT2D eigenvalue weighted by Gasteiger charge is 2.23. The molecule has 0 aromatic carbocycles. The fraction of sp³-hybridized carbons (Fsp3) is 0.875. The van der Waals surface area contributed by atoms with E-state index in [1.165, 1.54) is 25.3 Å². The number of unbranched alkanes of at least 4 members (excludes halogenated alkanes) is 1. The minimum atomic E-state index is -1.50. The van der Waals surface area contributed by atoms with E-state index >= 15 is 0 Å². The molecule has 0 radical (unpaired) electrons. The second-order valence-corrected chi connectivity index (χ2v) is 4.87. The Morgan fingerprint density at radius 3 is 1.86 bits per heavy atom. The quantitative estimate of drug-likeness (QED) is 0.308. The molecule has 0 spiro atoms. The molecule has 0 saturated carbocycles. The van der Waals surface area contributed by atoms with Crippen LogP contribution in [0.5, 0.6) is 0 Å². The molecular weight excluding hydrogens is 282 g/mol. The van der Waals surface area contributed by atoms with Gasteiger partial charge in [-0.1, -0.05) is 13.3 Å². The molecule has 0 fully saturated rings. The Hall–Kier alpha value is -1.46. The van der Waals surface area contributed by atoms with Crippen LogP contribution in [-0.4, -0.2) is 73.4 Å². The molecule has 0 unspecified atom stereocenters. The molecule has 0 atom stereocenters. The summed E-state index contributed by atoms with van der Waals surface area (Å²) in [5, 5.41) is 9.03. The first-order valence-electron chi connectivity index (χ1n) is 8.26. The molecule has 0 aliphatic carbocycles. The van der Waals surface area contributed by atoms with Crippen molar-refractivity contribution in [1.82, 2.24) is 9.80 Å². The van der Waals surface area contributed by atoms with Gasteiger partial charge in [0, 0.05) is 7.11 Å². The van der Waals surface area contributed by atoms with E-state index in [1.807, 2.05) is 0 Å². The van der Waals surface area contributed by atoms with E-state index in [9.17, 15) is 0 Å². The van der Waals surface area contributed by atoms with Crippen molar-refractivity contribution in [3.05, 3.63) is 0 Å². The van der Waals surface area contributed by atoms with Gasteiger partial charge in [0.05, 0.1) is 39.8 Å². The molecule has 6 nitrogen and oxygen atoms in total. The van der Waals surface area contributed by atoms with Crippen LogP contribution in [0.4, 0.5) is 4.79 Å². The zero-order valence-electron chi connectivity index (χ0n) is 15.5. The Bertz CT molecular complexity index is 314. The predicted molar refractivity (Wildman–Crippen MR) is 89.2 cm³/mol. The lowest BCUT2D eigenvalue weighted by atomic mass is 10.3. The van der Waals surface area contributed by atoms with Crippen LogP contribution in [0.1, 0.15) is 47.5 Å². The van der Waals surface area contributed by atoms with Crippen molar-refractivity contribution in [2.24, 2.45) is 0 Å².